The van der Waals surface area contributed by atoms with Crippen molar-refractivity contribution in [3.63, 3.8) is 0 Å². The normalized spacial score (nSPS) is 17.9. The Hall–Kier alpha value is -2.25. The summed E-state index contributed by atoms with van der Waals surface area (Å²) in [6.07, 6.45) is 2.55. The molecule has 122 valence electrons. The standard InChI is InChI=1S/C16H17NO5S/c1-2-16(15(19)20,11-6-4-3-5-7-11)12-8-9-13(18)14(10-12)23(17,21)22/h3-8,10H,2,9H2,1H3,(H,19,20)(H2,17,21,22). The van der Waals surface area contributed by atoms with E-state index in [1.807, 2.05) is 0 Å². The zero-order chi connectivity index (χ0) is 17.3. The summed E-state index contributed by atoms with van der Waals surface area (Å²) in [6, 6.07) is 8.51. The highest BCUT2D eigenvalue weighted by atomic mass is 32.2. The Labute approximate surface area is 134 Å². The molecule has 1 atom stereocenters. The highest BCUT2D eigenvalue weighted by molar-refractivity contribution is 7.94. The summed E-state index contributed by atoms with van der Waals surface area (Å²) >= 11 is 0. The molecule has 1 aromatic carbocycles. The van der Waals surface area contributed by atoms with Crippen LogP contribution in [0.25, 0.3) is 0 Å². The van der Waals surface area contributed by atoms with E-state index < -0.39 is 32.1 Å². The van der Waals surface area contributed by atoms with Crippen LogP contribution in [0.3, 0.4) is 0 Å². The van der Waals surface area contributed by atoms with Crippen molar-refractivity contribution in [2.45, 2.75) is 25.2 Å². The molecule has 6 nitrogen and oxygen atoms in total. The summed E-state index contributed by atoms with van der Waals surface area (Å²) in [4.78, 5) is 23.3. The smallest absolute Gasteiger partial charge is 0.318 e. The molecule has 0 amide bonds. The molecule has 1 unspecified atom stereocenters. The van der Waals surface area contributed by atoms with Gasteiger partial charge in [0.15, 0.2) is 5.78 Å². The molecule has 1 aromatic rings. The first-order chi connectivity index (χ1) is 10.7. The van der Waals surface area contributed by atoms with Gasteiger partial charge in [0, 0.05) is 6.42 Å². The highest BCUT2D eigenvalue weighted by Gasteiger charge is 2.43. The van der Waals surface area contributed by atoms with Gasteiger partial charge in [0.2, 0.25) is 10.0 Å². The lowest BCUT2D eigenvalue weighted by Gasteiger charge is -2.32. The molecule has 0 heterocycles. The predicted octanol–water partition coefficient (Wildman–Crippen LogP) is 1.49. The molecule has 0 aliphatic heterocycles. The first-order valence-corrected chi connectivity index (χ1v) is 8.55. The molecule has 0 bridgehead atoms. The molecule has 2 rings (SSSR count). The van der Waals surface area contributed by atoms with Crippen LogP contribution in [0.4, 0.5) is 0 Å². The number of aliphatic carboxylic acids is 1. The van der Waals surface area contributed by atoms with Crippen LogP contribution in [-0.4, -0.2) is 25.3 Å². The molecule has 23 heavy (non-hydrogen) atoms. The van der Waals surface area contributed by atoms with Crippen molar-refractivity contribution in [2.75, 3.05) is 0 Å². The maximum absolute atomic E-state index is 12.1. The van der Waals surface area contributed by atoms with Crippen molar-refractivity contribution in [3.8, 4) is 0 Å². The van der Waals surface area contributed by atoms with E-state index in [1.165, 1.54) is 6.08 Å². The van der Waals surface area contributed by atoms with Crippen molar-refractivity contribution in [1.82, 2.24) is 0 Å². The van der Waals surface area contributed by atoms with Gasteiger partial charge in [-0.05, 0) is 23.6 Å². The van der Waals surface area contributed by atoms with E-state index in [2.05, 4.69) is 0 Å². The van der Waals surface area contributed by atoms with Gasteiger partial charge in [0.25, 0.3) is 0 Å². The zero-order valence-corrected chi connectivity index (χ0v) is 13.3. The average molecular weight is 335 g/mol. The number of allylic oxidation sites excluding steroid dienone is 3. The Morgan fingerprint density at radius 2 is 1.91 bits per heavy atom. The van der Waals surface area contributed by atoms with E-state index in [1.54, 1.807) is 37.3 Å². The summed E-state index contributed by atoms with van der Waals surface area (Å²) in [5, 5.41) is 14.9. The number of Topliss-reactive ketones (excluding diaryl/α,β-unsaturated/α-hetero) is 1. The van der Waals surface area contributed by atoms with Gasteiger partial charge in [0.05, 0.1) is 0 Å². The molecule has 0 spiro atoms. The van der Waals surface area contributed by atoms with Gasteiger partial charge in [-0.2, -0.15) is 0 Å². The van der Waals surface area contributed by atoms with Gasteiger partial charge < -0.3 is 5.11 Å². The monoisotopic (exact) mass is 335 g/mol. The maximum atomic E-state index is 12.1. The zero-order valence-electron chi connectivity index (χ0n) is 12.5. The number of primary sulfonamides is 1. The molecular weight excluding hydrogens is 318 g/mol. The first kappa shape index (κ1) is 17.1. The second-order valence-electron chi connectivity index (χ2n) is 5.27. The van der Waals surface area contributed by atoms with Crippen LogP contribution in [-0.2, 0) is 25.0 Å². The van der Waals surface area contributed by atoms with Crippen LogP contribution in [0.5, 0.6) is 0 Å². The van der Waals surface area contributed by atoms with E-state index in [-0.39, 0.29) is 18.4 Å². The van der Waals surface area contributed by atoms with Gasteiger partial charge in [-0.1, -0.05) is 43.3 Å². The number of carbonyl (C=O) groups is 2. The van der Waals surface area contributed by atoms with Crippen LogP contribution in [0.15, 0.2) is 53.0 Å². The van der Waals surface area contributed by atoms with Crippen LogP contribution in [0.2, 0.25) is 0 Å². The number of rotatable bonds is 5. The quantitative estimate of drug-likeness (QED) is 0.846. The minimum atomic E-state index is -4.21. The van der Waals surface area contributed by atoms with Gasteiger partial charge >= 0.3 is 5.97 Å². The molecule has 7 heteroatoms. The Morgan fingerprint density at radius 3 is 2.39 bits per heavy atom. The topological polar surface area (TPSA) is 115 Å². The Balaban J connectivity index is 2.70. The Morgan fingerprint density at radius 1 is 1.30 bits per heavy atom. The number of nitrogens with two attached hydrogens (primary N) is 1. The van der Waals surface area contributed by atoms with Crippen LogP contribution in [0.1, 0.15) is 25.3 Å². The Bertz CT molecular complexity index is 808. The Kier molecular flexibility index (Phi) is 4.53. The molecular formula is C16H17NO5S. The van der Waals surface area contributed by atoms with Gasteiger partial charge in [-0.25, -0.2) is 13.6 Å². The molecule has 3 N–H and O–H groups in total. The maximum Gasteiger partial charge on any atom is 0.318 e. The molecule has 0 fully saturated rings. The number of carboxylic acid groups (broad SMARTS) is 1. The third-order valence-electron chi connectivity index (χ3n) is 4.03. The second kappa shape index (κ2) is 6.10. The van der Waals surface area contributed by atoms with E-state index in [0.717, 1.165) is 6.08 Å². The number of benzene rings is 1. The van der Waals surface area contributed by atoms with Gasteiger partial charge in [0.1, 0.15) is 10.3 Å². The molecule has 0 radical (unpaired) electrons. The largest absolute Gasteiger partial charge is 0.480 e. The molecule has 1 aliphatic rings. The highest BCUT2D eigenvalue weighted by Crippen LogP contribution is 2.39. The first-order valence-electron chi connectivity index (χ1n) is 7.00. The van der Waals surface area contributed by atoms with E-state index in [4.69, 9.17) is 5.14 Å². The fraction of sp³-hybridized carbons (Fsp3) is 0.250. The summed E-state index contributed by atoms with van der Waals surface area (Å²) in [7, 11) is -4.21. The van der Waals surface area contributed by atoms with Crippen molar-refractivity contribution >= 4 is 21.8 Å². The van der Waals surface area contributed by atoms with E-state index in [0.29, 0.717) is 5.56 Å². The summed E-state index contributed by atoms with van der Waals surface area (Å²) in [5.41, 5.74) is -0.666. The molecule has 0 saturated heterocycles. The minimum Gasteiger partial charge on any atom is -0.480 e. The van der Waals surface area contributed by atoms with Crippen molar-refractivity contribution in [2.24, 2.45) is 5.14 Å². The lowest BCUT2D eigenvalue weighted by Crippen LogP contribution is -2.38. The number of sulfonamides is 1. The predicted molar refractivity (Wildman–Crippen MR) is 84.9 cm³/mol. The molecule has 1 aliphatic carbocycles. The van der Waals surface area contributed by atoms with E-state index in [9.17, 15) is 23.1 Å². The van der Waals surface area contributed by atoms with Crippen LogP contribution < -0.4 is 5.14 Å². The summed E-state index contributed by atoms with van der Waals surface area (Å²) in [5.74, 6) is -1.75. The summed E-state index contributed by atoms with van der Waals surface area (Å²) in [6.45, 7) is 1.70. The molecule has 0 saturated carbocycles. The third-order valence-corrected chi connectivity index (χ3v) is 4.99. The average Bonchev–Trinajstić information content (AvgIpc) is 2.49. The number of carboxylic acids is 1. The third kappa shape index (κ3) is 2.97. The fourth-order valence-electron chi connectivity index (χ4n) is 2.82. The van der Waals surface area contributed by atoms with Crippen molar-refractivity contribution in [3.05, 3.63) is 58.5 Å². The number of carbonyl (C=O) groups excluding carboxylic acids is 1. The minimum absolute atomic E-state index is 0.195. The van der Waals surface area contributed by atoms with Gasteiger partial charge in [-0.15, -0.1) is 0 Å². The van der Waals surface area contributed by atoms with E-state index >= 15 is 0 Å². The fourth-order valence-corrected chi connectivity index (χ4v) is 3.51. The van der Waals surface area contributed by atoms with Crippen molar-refractivity contribution < 1.29 is 23.1 Å². The molecule has 0 aromatic heterocycles. The number of ketones is 1. The second-order valence-corrected chi connectivity index (χ2v) is 6.80. The number of hydrogen-bond acceptors (Lipinski definition) is 4. The summed E-state index contributed by atoms with van der Waals surface area (Å²) < 4.78 is 23.2. The lowest BCUT2D eigenvalue weighted by molar-refractivity contribution is -0.142. The van der Waals surface area contributed by atoms with Crippen molar-refractivity contribution in [1.29, 1.82) is 0 Å². The number of hydrogen-bond donors (Lipinski definition) is 2. The van der Waals surface area contributed by atoms with Crippen LogP contribution in [0, 0.1) is 0 Å². The van der Waals surface area contributed by atoms with Gasteiger partial charge in [-0.3, -0.25) is 9.59 Å². The SMILES string of the molecule is CCC(C(=O)O)(C1=CCC(=O)C(S(N)(=O)=O)=C1)c1ccccc1. The van der Waals surface area contributed by atoms with Crippen LogP contribution >= 0.6 is 0 Å². The lowest BCUT2D eigenvalue weighted by atomic mass is 9.70.